The van der Waals surface area contributed by atoms with Crippen LogP contribution in [0.15, 0.2) is 29.2 Å². The Bertz CT molecular complexity index is 486. The van der Waals surface area contributed by atoms with E-state index in [0.717, 1.165) is 5.56 Å². The highest BCUT2D eigenvalue weighted by molar-refractivity contribution is 7.89. The fourth-order valence-corrected chi connectivity index (χ4v) is 3.82. The predicted octanol–water partition coefficient (Wildman–Crippen LogP) is 1.99. The van der Waals surface area contributed by atoms with Gasteiger partial charge in [0.25, 0.3) is 0 Å². The van der Waals surface area contributed by atoms with Crippen molar-refractivity contribution in [1.29, 1.82) is 0 Å². The summed E-state index contributed by atoms with van der Waals surface area (Å²) in [6, 6.07) is 7.19. The molecule has 3 nitrogen and oxygen atoms in total. The quantitative estimate of drug-likeness (QED) is 0.677. The molecule has 0 fully saturated rings. The molecule has 15 heavy (non-hydrogen) atoms. The molecule has 1 aliphatic rings. The third-order valence-corrected chi connectivity index (χ3v) is 4.81. The lowest BCUT2D eigenvalue weighted by molar-refractivity contribution is 0.252. The molecular weight excluding hydrogens is 210 g/mol. The Kier molecular flexibility index (Phi) is 2.17. The van der Waals surface area contributed by atoms with E-state index in [1.165, 1.54) is 0 Å². The normalized spacial score (nSPS) is 20.2. The minimum Gasteiger partial charge on any atom is -0.207 e. The zero-order valence-corrected chi connectivity index (χ0v) is 10.0. The maximum absolute atomic E-state index is 12.2. The minimum atomic E-state index is -3.27. The van der Waals surface area contributed by atoms with Crippen LogP contribution in [-0.2, 0) is 16.6 Å². The number of benzene rings is 1. The molecule has 1 aromatic carbocycles. The number of rotatable bonds is 0. The average molecular weight is 225 g/mol. The van der Waals surface area contributed by atoms with Gasteiger partial charge in [0.2, 0.25) is 10.0 Å². The molecule has 0 saturated carbocycles. The topological polar surface area (TPSA) is 37.4 Å². The van der Waals surface area contributed by atoms with E-state index < -0.39 is 10.0 Å². The molecule has 0 radical (unpaired) electrons. The molecular formula is C11H15NO2S. The Morgan fingerprint density at radius 3 is 2.33 bits per heavy atom. The second-order valence-corrected chi connectivity index (χ2v) is 6.62. The van der Waals surface area contributed by atoms with Crippen LogP contribution in [0.3, 0.4) is 0 Å². The smallest absolute Gasteiger partial charge is 0.207 e. The van der Waals surface area contributed by atoms with E-state index in [9.17, 15) is 8.42 Å². The summed E-state index contributed by atoms with van der Waals surface area (Å²) in [6.45, 7) is 6.23. The van der Waals surface area contributed by atoms with E-state index in [4.69, 9.17) is 0 Å². The van der Waals surface area contributed by atoms with Gasteiger partial charge in [-0.25, -0.2) is 8.42 Å². The largest absolute Gasteiger partial charge is 0.244 e. The van der Waals surface area contributed by atoms with Crippen molar-refractivity contribution in [2.45, 2.75) is 37.8 Å². The monoisotopic (exact) mass is 225 g/mol. The first-order valence-electron chi connectivity index (χ1n) is 4.94. The Morgan fingerprint density at radius 1 is 1.20 bits per heavy atom. The van der Waals surface area contributed by atoms with Gasteiger partial charge in [0.1, 0.15) is 0 Å². The summed E-state index contributed by atoms with van der Waals surface area (Å²) >= 11 is 0. The molecule has 0 N–H and O–H groups in total. The second-order valence-electron chi connectivity index (χ2n) is 4.79. The zero-order chi connectivity index (χ0) is 11.3. The van der Waals surface area contributed by atoms with E-state index in [-0.39, 0.29) is 5.54 Å². The van der Waals surface area contributed by atoms with Crippen molar-refractivity contribution in [2.24, 2.45) is 0 Å². The molecule has 1 heterocycles. The average Bonchev–Trinajstić information content (AvgIpc) is 2.39. The van der Waals surface area contributed by atoms with E-state index in [0.29, 0.717) is 11.4 Å². The molecule has 0 saturated heterocycles. The standard InChI is InChI=1S/C11H15NO2S/c1-11(2,3)12-8-9-6-4-5-7-10(9)15(12,13)14/h4-7H,8H2,1-3H3. The van der Waals surface area contributed by atoms with Gasteiger partial charge in [-0.1, -0.05) is 18.2 Å². The first-order valence-corrected chi connectivity index (χ1v) is 6.38. The first-order chi connectivity index (χ1) is 6.83. The molecule has 1 aliphatic heterocycles. The van der Waals surface area contributed by atoms with Crippen LogP contribution < -0.4 is 0 Å². The van der Waals surface area contributed by atoms with Gasteiger partial charge < -0.3 is 0 Å². The molecule has 4 heteroatoms. The zero-order valence-electron chi connectivity index (χ0n) is 9.19. The molecule has 2 rings (SSSR count). The Balaban J connectivity index is 2.58. The summed E-state index contributed by atoms with van der Waals surface area (Å²) < 4.78 is 25.9. The predicted molar refractivity (Wildman–Crippen MR) is 58.9 cm³/mol. The first kappa shape index (κ1) is 10.6. The lowest BCUT2D eigenvalue weighted by Gasteiger charge is -2.29. The van der Waals surface area contributed by atoms with Gasteiger partial charge in [0, 0.05) is 12.1 Å². The minimum absolute atomic E-state index is 0.363. The van der Waals surface area contributed by atoms with Crippen LogP contribution in [0, 0.1) is 0 Å². The number of sulfonamides is 1. The van der Waals surface area contributed by atoms with Crippen LogP contribution in [0.2, 0.25) is 0 Å². The van der Waals surface area contributed by atoms with Crippen LogP contribution in [-0.4, -0.2) is 18.3 Å². The van der Waals surface area contributed by atoms with Crippen molar-refractivity contribution in [1.82, 2.24) is 4.31 Å². The fourth-order valence-electron chi connectivity index (χ4n) is 1.84. The second kappa shape index (κ2) is 3.06. The summed E-state index contributed by atoms with van der Waals surface area (Å²) in [5, 5.41) is 0. The van der Waals surface area contributed by atoms with Gasteiger partial charge in [-0.3, -0.25) is 0 Å². The van der Waals surface area contributed by atoms with Gasteiger partial charge in [-0.2, -0.15) is 4.31 Å². The third kappa shape index (κ3) is 1.58. The van der Waals surface area contributed by atoms with Crippen molar-refractivity contribution in [3.05, 3.63) is 29.8 Å². The highest BCUT2D eigenvalue weighted by Crippen LogP contribution is 2.34. The van der Waals surface area contributed by atoms with Gasteiger partial charge >= 0.3 is 0 Å². The Morgan fingerprint density at radius 2 is 1.80 bits per heavy atom. The maximum atomic E-state index is 12.2. The Hall–Kier alpha value is -0.870. The number of fused-ring (bicyclic) bond motifs is 1. The van der Waals surface area contributed by atoms with E-state index in [1.807, 2.05) is 32.9 Å². The van der Waals surface area contributed by atoms with Crippen LogP contribution in [0.25, 0.3) is 0 Å². The number of hydrogen-bond acceptors (Lipinski definition) is 2. The molecule has 0 aliphatic carbocycles. The summed E-state index contributed by atoms with van der Waals surface area (Å²) in [5.74, 6) is 0. The molecule has 0 amide bonds. The van der Waals surface area contributed by atoms with Gasteiger partial charge in [0.15, 0.2) is 0 Å². The van der Waals surface area contributed by atoms with Crippen molar-refractivity contribution >= 4 is 10.0 Å². The van der Waals surface area contributed by atoms with Crippen molar-refractivity contribution in [3.8, 4) is 0 Å². The molecule has 82 valence electrons. The number of nitrogens with zero attached hydrogens (tertiary/aromatic N) is 1. The highest BCUT2D eigenvalue weighted by atomic mass is 32.2. The van der Waals surface area contributed by atoms with Gasteiger partial charge in [0.05, 0.1) is 4.90 Å². The fraction of sp³-hybridized carbons (Fsp3) is 0.455. The van der Waals surface area contributed by atoms with Crippen molar-refractivity contribution in [3.63, 3.8) is 0 Å². The van der Waals surface area contributed by atoms with Crippen LogP contribution in [0.1, 0.15) is 26.3 Å². The molecule has 0 atom stereocenters. The third-order valence-electron chi connectivity index (χ3n) is 2.60. The number of hydrogen-bond donors (Lipinski definition) is 0. The van der Waals surface area contributed by atoms with E-state index in [1.54, 1.807) is 16.4 Å². The molecule has 1 aromatic rings. The van der Waals surface area contributed by atoms with Crippen LogP contribution in [0.4, 0.5) is 0 Å². The van der Waals surface area contributed by atoms with Crippen LogP contribution >= 0.6 is 0 Å². The molecule has 0 unspecified atom stereocenters. The summed E-state index contributed by atoms with van der Waals surface area (Å²) in [6.07, 6.45) is 0. The molecule has 0 spiro atoms. The van der Waals surface area contributed by atoms with Crippen LogP contribution in [0.5, 0.6) is 0 Å². The highest BCUT2D eigenvalue weighted by Gasteiger charge is 2.40. The van der Waals surface area contributed by atoms with E-state index in [2.05, 4.69) is 0 Å². The van der Waals surface area contributed by atoms with Crippen molar-refractivity contribution in [2.75, 3.05) is 0 Å². The van der Waals surface area contributed by atoms with Gasteiger partial charge in [-0.05, 0) is 32.4 Å². The van der Waals surface area contributed by atoms with Gasteiger partial charge in [-0.15, -0.1) is 0 Å². The lowest BCUT2D eigenvalue weighted by Crippen LogP contribution is -2.41. The summed E-state index contributed by atoms with van der Waals surface area (Å²) in [5.41, 5.74) is 0.533. The molecule has 0 aromatic heterocycles. The summed E-state index contributed by atoms with van der Waals surface area (Å²) in [7, 11) is -3.27. The SMILES string of the molecule is CC(C)(C)N1Cc2ccccc2S1(=O)=O. The van der Waals surface area contributed by atoms with Crippen molar-refractivity contribution < 1.29 is 8.42 Å². The van der Waals surface area contributed by atoms with E-state index >= 15 is 0 Å². The molecule has 0 bridgehead atoms. The summed E-state index contributed by atoms with van der Waals surface area (Å²) in [4.78, 5) is 0.458. The lowest BCUT2D eigenvalue weighted by atomic mass is 10.1. The Labute approximate surface area is 90.8 Å². The maximum Gasteiger partial charge on any atom is 0.244 e.